The van der Waals surface area contributed by atoms with Gasteiger partial charge >= 0.3 is 0 Å². The van der Waals surface area contributed by atoms with Crippen LogP contribution in [0.3, 0.4) is 0 Å². The topological polar surface area (TPSA) is 69.1 Å². The Morgan fingerprint density at radius 3 is 2.65 bits per heavy atom. The van der Waals surface area contributed by atoms with E-state index in [9.17, 15) is 5.11 Å². The molecule has 154 valence electrons. The fourth-order valence-corrected chi connectivity index (χ4v) is 3.79. The Bertz CT molecular complexity index is 397. The summed E-state index contributed by atoms with van der Waals surface area (Å²) >= 11 is 0. The van der Waals surface area contributed by atoms with Crippen molar-refractivity contribution in [1.29, 1.82) is 0 Å². The second-order valence-electron chi connectivity index (χ2n) is 7.82. The number of guanidine groups is 1. The molecule has 0 radical (unpaired) electrons. The van der Waals surface area contributed by atoms with E-state index in [2.05, 4.69) is 29.4 Å². The molecule has 7 heteroatoms. The predicted octanol–water partition coefficient (Wildman–Crippen LogP) is 2.07. The minimum absolute atomic E-state index is 0. The lowest BCUT2D eigenvalue weighted by atomic mass is 9.84. The Labute approximate surface area is 176 Å². The number of ether oxygens (including phenoxy) is 1. The van der Waals surface area contributed by atoms with Crippen LogP contribution in [0.25, 0.3) is 0 Å². The number of likely N-dealkylation sites (tertiary alicyclic amines) is 1. The van der Waals surface area contributed by atoms with Crippen LogP contribution in [0.4, 0.5) is 0 Å². The van der Waals surface area contributed by atoms with Gasteiger partial charge in [0.25, 0.3) is 0 Å². The fraction of sp³-hybridized carbons (Fsp3) is 0.947. The molecule has 0 aliphatic carbocycles. The third-order valence-corrected chi connectivity index (χ3v) is 5.38. The van der Waals surface area contributed by atoms with Crippen molar-refractivity contribution >= 4 is 29.9 Å². The van der Waals surface area contributed by atoms with Gasteiger partial charge in [-0.2, -0.15) is 0 Å². The van der Waals surface area contributed by atoms with Crippen molar-refractivity contribution < 1.29 is 9.84 Å². The Hall–Kier alpha value is -0.120. The summed E-state index contributed by atoms with van der Waals surface area (Å²) in [5.74, 6) is 1.49. The van der Waals surface area contributed by atoms with E-state index < -0.39 is 0 Å². The second kappa shape index (κ2) is 13.1. The summed E-state index contributed by atoms with van der Waals surface area (Å²) in [5, 5.41) is 16.2. The number of aliphatic imine (C=N–C) groups is 1. The first-order valence-electron chi connectivity index (χ1n) is 10.1. The van der Waals surface area contributed by atoms with Crippen molar-refractivity contribution in [2.45, 2.75) is 46.0 Å². The van der Waals surface area contributed by atoms with Gasteiger partial charge in [0.1, 0.15) is 0 Å². The molecule has 3 N–H and O–H groups in total. The van der Waals surface area contributed by atoms with Gasteiger partial charge < -0.3 is 25.4 Å². The molecule has 0 amide bonds. The molecule has 0 spiro atoms. The lowest BCUT2D eigenvalue weighted by Crippen LogP contribution is -2.43. The first-order chi connectivity index (χ1) is 12.2. The Morgan fingerprint density at radius 2 is 2.04 bits per heavy atom. The van der Waals surface area contributed by atoms with E-state index >= 15 is 0 Å². The van der Waals surface area contributed by atoms with Crippen molar-refractivity contribution in [1.82, 2.24) is 15.5 Å². The molecule has 2 saturated heterocycles. The molecule has 2 aliphatic heterocycles. The fourth-order valence-electron chi connectivity index (χ4n) is 3.79. The van der Waals surface area contributed by atoms with Crippen molar-refractivity contribution in [3.63, 3.8) is 0 Å². The van der Waals surface area contributed by atoms with E-state index in [1.807, 2.05) is 0 Å². The maximum absolute atomic E-state index is 9.35. The van der Waals surface area contributed by atoms with Gasteiger partial charge in [-0.05, 0) is 51.6 Å². The smallest absolute Gasteiger partial charge is 0.191 e. The van der Waals surface area contributed by atoms with Crippen LogP contribution in [-0.2, 0) is 4.74 Å². The quantitative estimate of drug-likeness (QED) is 0.267. The Kier molecular flexibility index (Phi) is 12.1. The van der Waals surface area contributed by atoms with Crippen LogP contribution in [0.5, 0.6) is 0 Å². The molecule has 2 fully saturated rings. The van der Waals surface area contributed by atoms with Crippen LogP contribution >= 0.6 is 24.0 Å². The highest BCUT2D eigenvalue weighted by atomic mass is 127. The molecule has 2 unspecified atom stereocenters. The molecule has 0 aromatic heterocycles. The minimum atomic E-state index is 0. The van der Waals surface area contributed by atoms with Gasteiger partial charge in [-0.3, -0.25) is 4.99 Å². The normalized spacial score (nSPS) is 25.6. The highest BCUT2D eigenvalue weighted by Gasteiger charge is 2.34. The first-order valence-corrected chi connectivity index (χ1v) is 10.1. The van der Waals surface area contributed by atoms with Crippen molar-refractivity contribution in [2.75, 3.05) is 59.1 Å². The first kappa shape index (κ1) is 23.9. The molecule has 26 heavy (non-hydrogen) atoms. The lowest BCUT2D eigenvalue weighted by Gasteiger charge is -2.29. The summed E-state index contributed by atoms with van der Waals surface area (Å²) < 4.78 is 5.56. The molecule has 0 bridgehead atoms. The Balaban J connectivity index is 0.00000338. The number of hydrogen-bond donors (Lipinski definition) is 3. The van der Waals surface area contributed by atoms with E-state index in [1.54, 1.807) is 0 Å². The van der Waals surface area contributed by atoms with Gasteiger partial charge in [-0.15, -0.1) is 24.0 Å². The van der Waals surface area contributed by atoms with Gasteiger partial charge in [0.05, 0.1) is 13.2 Å². The molecule has 2 atom stereocenters. The lowest BCUT2D eigenvalue weighted by molar-refractivity contribution is 0.131. The van der Waals surface area contributed by atoms with E-state index in [-0.39, 0.29) is 36.0 Å². The van der Waals surface area contributed by atoms with Crippen LogP contribution in [0, 0.1) is 11.3 Å². The zero-order valence-electron chi connectivity index (χ0n) is 16.6. The molecule has 2 aliphatic rings. The number of rotatable bonds is 9. The molecule has 0 aromatic carbocycles. The van der Waals surface area contributed by atoms with Gasteiger partial charge in [0.2, 0.25) is 0 Å². The summed E-state index contributed by atoms with van der Waals surface area (Å²) in [7, 11) is 0. The average molecular weight is 482 g/mol. The summed E-state index contributed by atoms with van der Waals surface area (Å²) in [6.45, 7) is 12.3. The van der Waals surface area contributed by atoms with Crippen LogP contribution in [0.1, 0.15) is 46.0 Å². The Morgan fingerprint density at radius 1 is 1.27 bits per heavy atom. The number of nitrogens with one attached hydrogen (secondary N) is 2. The van der Waals surface area contributed by atoms with Gasteiger partial charge in [-0.1, -0.05) is 13.3 Å². The van der Waals surface area contributed by atoms with Crippen LogP contribution < -0.4 is 10.6 Å². The van der Waals surface area contributed by atoms with Gasteiger partial charge in [-0.25, -0.2) is 0 Å². The maximum atomic E-state index is 9.35. The zero-order chi connectivity index (χ0) is 18.0. The number of nitrogens with zero attached hydrogens (tertiary/aromatic N) is 2. The number of aliphatic hydroxyl groups is 1. The predicted molar refractivity (Wildman–Crippen MR) is 118 cm³/mol. The summed E-state index contributed by atoms with van der Waals surface area (Å²) in [4.78, 5) is 7.38. The molecule has 6 nitrogen and oxygen atoms in total. The monoisotopic (exact) mass is 482 g/mol. The van der Waals surface area contributed by atoms with Crippen LogP contribution in [0.15, 0.2) is 4.99 Å². The van der Waals surface area contributed by atoms with Crippen molar-refractivity contribution in [3.8, 4) is 0 Å². The molecule has 2 heterocycles. The maximum Gasteiger partial charge on any atom is 0.191 e. The van der Waals surface area contributed by atoms with Gasteiger partial charge in [0.15, 0.2) is 5.96 Å². The van der Waals surface area contributed by atoms with E-state index in [0.717, 1.165) is 45.0 Å². The van der Waals surface area contributed by atoms with Crippen LogP contribution in [0.2, 0.25) is 0 Å². The highest BCUT2D eigenvalue weighted by Crippen LogP contribution is 2.32. The SMILES string of the molecule is CCNC(=NCC1(CCO)CCOC1)NCC(C)CN1CCCCC1.I. The molecule has 0 aromatic rings. The van der Waals surface area contributed by atoms with Gasteiger partial charge in [0, 0.05) is 38.3 Å². The molecular weight excluding hydrogens is 443 g/mol. The van der Waals surface area contributed by atoms with E-state index in [4.69, 9.17) is 9.73 Å². The number of halogens is 1. The van der Waals surface area contributed by atoms with Crippen LogP contribution in [-0.4, -0.2) is 75.1 Å². The summed E-state index contributed by atoms with van der Waals surface area (Å²) in [6.07, 6.45) is 5.83. The molecule has 2 rings (SSSR count). The van der Waals surface area contributed by atoms with E-state index in [1.165, 1.54) is 32.4 Å². The second-order valence-corrected chi connectivity index (χ2v) is 7.82. The minimum Gasteiger partial charge on any atom is -0.396 e. The average Bonchev–Trinajstić information content (AvgIpc) is 3.07. The van der Waals surface area contributed by atoms with Crippen molar-refractivity contribution in [3.05, 3.63) is 0 Å². The third-order valence-electron chi connectivity index (χ3n) is 5.38. The number of hydrogen-bond acceptors (Lipinski definition) is 4. The largest absolute Gasteiger partial charge is 0.396 e. The van der Waals surface area contributed by atoms with Crippen molar-refractivity contribution in [2.24, 2.45) is 16.3 Å². The number of aliphatic hydroxyl groups excluding tert-OH is 1. The van der Waals surface area contributed by atoms with E-state index in [0.29, 0.717) is 19.1 Å². The number of piperidine rings is 1. The zero-order valence-corrected chi connectivity index (χ0v) is 19.0. The summed E-state index contributed by atoms with van der Waals surface area (Å²) in [6, 6.07) is 0. The molecular formula is C19H39IN4O2. The highest BCUT2D eigenvalue weighted by molar-refractivity contribution is 14.0. The molecule has 0 saturated carbocycles. The third kappa shape index (κ3) is 8.27. The standard InChI is InChI=1S/C19H38N4O2.HI/c1-3-20-18(22-15-19(7-11-24)8-12-25-16-19)21-13-17(2)14-23-9-5-4-6-10-23;/h17,24H,3-16H2,1-2H3,(H2,20,21,22);1H. The summed E-state index contributed by atoms with van der Waals surface area (Å²) in [5.41, 5.74) is 0.0104.